The summed E-state index contributed by atoms with van der Waals surface area (Å²) in [4.78, 5) is 15.2. The van der Waals surface area contributed by atoms with Crippen molar-refractivity contribution in [1.82, 2.24) is 9.21 Å². The van der Waals surface area contributed by atoms with Crippen molar-refractivity contribution in [3.63, 3.8) is 0 Å². The molecule has 0 saturated carbocycles. The number of nitrogens with one attached hydrogen (secondary N) is 1. The zero-order valence-corrected chi connectivity index (χ0v) is 18.3. The number of para-hydroxylation sites is 1. The highest BCUT2D eigenvalue weighted by molar-refractivity contribution is 7.89. The van der Waals surface area contributed by atoms with Crippen LogP contribution in [0, 0.1) is 0 Å². The third-order valence-electron chi connectivity index (χ3n) is 6.00. The van der Waals surface area contributed by atoms with E-state index in [0.29, 0.717) is 43.2 Å². The molecule has 0 aliphatic carbocycles. The van der Waals surface area contributed by atoms with E-state index in [-0.39, 0.29) is 22.8 Å². The molecule has 1 N–H and O–H groups in total. The third kappa shape index (κ3) is 3.82. The molecule has 0 bridgehead atoms. The first-order valence-corrected chi connectivity index (χ1v) is 11.6. The Kier molecular flexibility index (Phi) is 5.57. The summed E-state index contributed by atoms with van der Waals surface area (Å²) in [7, 11) is -1.55. The zero-order chi connectivity index (χ0) is 21.5. The van der Waals surface area contributed by atoms with Gasteiger partial charge in [-0.25, -0.2) is 8.42 Å². The fraction of sp³-hybridized carbons (Fsp3) is 0.409. The molecular formula is C22H27N3O4S. The SMILES string of the molecule is C[C@@H]1Oc2c(C(=O)Nc3ccc(S(=O)(=O)N4CCN(C)CC4)cc3)cccc2[C@H]1C. The van der Waals surface area contributed by atoms with Gasteiger partial charge in [0, 0.05) is 43.3 Å². The molecule has 0 radical (unpaired) electrons. The molecular weight excluding hydrogens is 402 g/mol. The maximum Gasteiger partial charge on any atom is 0.259 e. The van der Waals surface area contributed by atoms with Gasteiger partial charge in [0.05, 0.1) is 10.5 Å². The van der Waals surface area contributed by atoms with Crippen LogP contribution in [0.3, 0.4) is 0 Å². The topological polar surface area (TPSA) is 78.9 Å². The predicted octanol–water partition coefficient (Wildman–Crippen LogP) is 2.76. The van der Waals surface area contributed by atoms with E-state index in [0.717, 1.165) is 5.56 Å². The number of hydrogen-bond acceptors (Lipinski definition) is 5. The van der Waals surface area contributed by atoms with Crippen LogP contribution >= 0.6 is 0 Å². The molecule has 2 atom stereocenters. The molecule has 1 amide bonds. The largest absolute Gasteiger partial charge is 0.489 e. The van der Waals surface area contributed by atoms with Gasteiger partial charge in [-0.1, -0.05) is 19.1 Å². The lowest BCUT2D eigenvalue weighted by Crippen LogP contribution is -2.46. The van der Waals surface area contributed by atoms with Gasteiger partial charge in [-0.05, 0) is 44.3 Å². The molecule has 0 spiro atoms. The molecule has 8 heteroatoms. The van der Waals surface area contributed by atoms with E-state index in [2.05, 4.69) is 17.1 Å². The highest BCUT2D eigenvalue weighted by Gasteiger charge is 2.31. The molecule has 2 aliphatic heterocycles. The van der Waals surface area contributed by atoms with Gasteiger partial charge in [0.1, 0.15) is 11.9 Å². The van der Waals surface area contributed by atoms with Crippen molar-refractivity contribution in [2.24, 2.45) is 0 Å². The van der Waals surface area contributed by atoms with Crippen LogP contribution in [-0.2, 0) is 10.0 Å². The van der Waals surface area contributed by atoms with Gasteiger partial charge < -0.3 is 15.0 Å². The van der Waals surface area contributed by atoms with Crippen molar-refractivity contribution >= 4 is 21.6 Å². The van der Waals surface area contributed by atoms with Crippen LogP contribution in [0.2, 0.25) is 0 Å². The molecule has 30 heavy (non-hydrogen) atoms. The van der Waals surface area contributed by atoms with Crippen LogP contribution in [0.4, 0.5) is 5.69 Å². The van der Waals surface area contributed by atoms with E-state index in [1.807, 2.05) is 26.1 Å². The molecule has 0 aromatic heterocycles. The van der Waals surface area contributed by atoms with Crippen molar-refractivity contribution in [3.05, 3.63) is 53.6 Å². The normalized spacial score (nSPS) is 22.4. The van der Waals surface area contributed by atoms with Crippen molar-refractivity contribution in [2.45, 2.75) is 30.8 Å². The molecule has 1 saturated heterocycles. The second-order valence-electron chi connectivity index (χ2n) is 8.02. The van der Waals surface area contributed by atoms with Crippen molar-refractivity contribution in [3.8, 4) is 5.75 Å². The molecule has 2 aromatic rings. The Morgan fingerprint density at radius 1 is 1.03 bits per heavy atom. The van der Waals surface area contributed by atoms with Crippen molar-refractivity contribution in [2.75, 3.05) is 38.5 Å². The highest BCUT2D eigenvalue weighted by Crippen LogP contribution is 2.40. The minimum atomic E-state index is -3.53. The zero-order valence-electron chi connectivity index (χ0n) is 17.5. The van der Waals surface area contributed by atoms with Gasteiger partial charge in [0.15, 0.2) is 0 Å². The Hall–Kier alpha value is -2.42. The number of nitrogens with zero attached hydrogens (tertiary/aromatic N) is 2. The summed E-state index contributed by atoms with van der Waals surface area (Å²) in [6.45, 7) is 6.46. The Labute approximate surface area is 177 Å². The number of fused-ring (bicyclic) bond motifs is 1. The Bertz CT molecular complexity index is 1040. The maximum absolute atomic E-state index is 12.8. The molecule has 2 aliphatic rings. The number of sulfonamides is 1. The minimum Gasteiger partial charge on any atom is -0.489 e. The number of carbonyl (C=O) groups is 1. The maximum atomic E-state index is 12.8. The molecule has 7 nitrogen and oxygen atoms in total. The van der Waals surface area contributed by atoms with Crippen LogP contribution < -0.4 is 10.1 Å². The Morgan fingerprint density at radius 2 is 1.70 bits per heavy atom. The summed E-state index contributed by atoms with van der Waals surface area (Å²) in [5.41, 5.74) is 2.05. The number of benzene rings is 2. The molecule has 0 unspecified atom stereocenters. The van der Waals surface area contributed by atoms with Gasteiger partial charge >= 0.3 is 0 Å². The van der Waals surface area contributed by atoms with Gasteiger partial charge in [-0.15, -0.1) is 0 Å². The quantitative estimate of drug-likeness (QED) is 0.809. The monoisotopic (exact) mass is 429 g/mol. The van der Waals surface area contributed by atoms with E-state index in [4.69, 9.17) is 4.74 Å². The third-order valence-corrected chi connectivity index (χ3v) is 7.91. The van der Waals surface area contributed by atoms with Gasteiger partial charge in [-0.3, -0.25) is 4.79 Å². The summed E-state index contributed by atoms with van der Waals surface area (Å²) >= 11 is 0. The van der Waals surface area contributed by atoms with Gasteiger partial charge in [0.25, 0.3) is 5.91 Å². The summed E-state index contributed by atoms with van der Waals surface area (Å²) in [6.07, 6.45) is 0.0213. The molecule has 2 heterocycles. The number of rotatable bonds is 4. The lowest BCUT2D eigenvalue weighted by molar-refractivity contribution is 0.102. The van der Waals surface area contributed by atoms with Gasteiger partial charge in [0.2, 0.25) is 10.0 Å². The highest BCUT2D eigenvalue weighted by atomic mass is 32.2. The molecule has 160 valence electrons. The average Bonchev–Trinajstić information content (AvgIpc) is 3.02. The van der Waals surface area contributed by atoms with Crippen LogP contribution in [0.15, 0.2) is 47.4 Å². The Morgan fingerprint density at radius 3 is 2.37 bits per heavy atom. The predicted molar refractivity (Wildman–Crippen MR) is 116 cm³/mol. The lowest BCUT2D eigenvalue weighted by atomic mass is 9.97. The number of likely N-dealkylation sites (N-methyl/N-ethyl adjacent to an activating group) is 1. The standard InChI is InChI=1S/C22H27N3O4S/c1-15-16(2)29-21-19(15)5-4-6-20(21)22(26)23-17-7-9-18(10-8-17)30(27,28)25-13-11-24(3)12-14-25/h4-10,15-16H,11-14H2,1-3H3,(H,23,26)/t15-,16-/m0/s1. The number of carbonyl (C=O) groups excluding carboxylic acids is 1. The van der Waals surface area contributed by atoms with Crippen LogP contribution in [-0.4, -0.2) is 62.9 Å². The van der Waals surface area contributed by atoms with Crippen molar-refractivity contribution < 1.29 is 17.9 Å². The number of hydrogen-bond donors (Lipinski definition) is 1. The van der Waals surface area contributed by atoms with Crippen LogP contribution in [0.1, 0.15) is 35.7 Å². The number of anilines is 1. The summed E-state index contributed by atoms with van der Waals surface area (Å²) in [5, 5.41) is 2.85. The molecule has 1 fully saturated rings. The fourth-order valence-corrected chi connectivity index (χ4v) is 5.27. The molecule has 4 rings (SSSR count). The first kappa shape index (κ1) is 20.8. The van der Waals surface area contributed by atoms with Gasteiger partial charge in [-0.2, -0.15) is 4.31 Å². The summed E-state index contributed by atoms with van der Waals surface area (Å²) < 4.78 is 33.1. The molecule has 2 aromatic carbocycles. The second kappa shape index (κ2) is 8.02. The second-order valence-corrected chi connectivity index (χ2v) is 9.96. The first-order chi connectivity index (χ1) is 14.3. The summed E-state index contributed by atoms with van der Waals surface area (Å²) in [6, 6.07) is 11.9. The first-order valence-electron chi connectivity index (χ1n) is 10.2. The van der Waals surface area contributed by atoms with E-state index in [1.165, 1.54) is 4.31 Å². The van der Waals surface area contributed by atoms with Crippen LogP contribution in [0.5, 0.6) is 5.75 Å². The summed E-state index contributed by atoms with van der Waals surface area (Å²) in [5.74, 6) is 0.582. The van der Waals surface area contributed by atoms with Crippen LogP contribution in [0.25, 0.3) is 0 Å². The Balaban J connectivity index is 1.49. The smallest absolute Gasteiger partial charge is 0.259 e. The lowest BCUT2D eigenvalue weighted by Gasteiger charge is -2.31. The number of piperazine rings is 1. The minimum absolute atomic E-state index is 0.0213. The fourth-order valence-electron chi connectivity index (χ4n) is 3.85. The number of amides is 1. The van der Waals surface area contributed by atoms with Crippen molar-refractivity contribution in [1.29, 1.82) is 0 Å². The average molecular weight is 430 g/mol. The van der Waals surface area contributed by atoms with E-state index >= 15 is 0 Å². The van der Waals surface area contributed by atoms with E-state index in [1.54, 1.807) is 30.3 Å². The van der Waals surface area contributed by atoms with E-state index in [9.17, 15) is 13.2 Å². The number of ether oxygens (including phenoxy) is 1. The van der Waals surface area contributed by atoms with E-state index < -0.39 is 10.0 Å².